The monoisotopic (exact) mass is 500 g/mol. The average molecular weight is 502 g/mol. The lowest BCUT2D eigenvalue weighted by Crippen LogP contribution is -2.32. The minimum Gasteiger partial charge on any atom is -0.496 e. The maximum atomic E-state index is 13.1. The van der Waals surface area contributed by atoms with Crippen molar-refractivity contribution in [2.24, 2.45) is 0 Å². The summed E-state index contributed by atoms with van der Waals surface area (Å²) >= 11 is 9.32. The Morgan fingerprint density at radius 3 is 2.41 bits per heavy atom. The molecule has 29 heavy (non-hydrogen) atoms. The zero-order valence-corrected chi connectivity index (χ0v) is 19.1. The van der Waals surface area contributed by atoms with Gasteiger partial charge in [-0.1, -0.05) is 24.4 Å². The summed E-state index contributed by atoms with van der Waals surface area (Å²) in [5, 5.41) is 0.386. The van der Waals surface area contributed by atoms with Crippen LogP contribution in [0.3, 0.4) is 0 Å². The van der Waals surface area contributed by atoms with Crippen LogP contribution in [-0.2, 0) is 10.0 Å². The van der Waals surface area contributed by atoms with Crippen LogP contribution in [0.1, 0.15) is 36.0 Å². The predicted molar refractivity (Wildman–Crippen MR) is 117 cm³/mol. The van der Waals surface area contributed by atoms with Gasteiger partial charge in [-0.15, -0.1) is 0 Å². The van der Waals surface area contributed by atoms with Gasteiger partial charge in [-0.25, -0.2) is 8.42 Å². The molecule has 9 heteroatoms. The number of carbonyl (C=O) groups is 1. The number of amides is 1. The summed E-state index contributed by atoms with van der Waals surface area (Å²) in [6, 6.07) is 9.06. The number of anilines is 1. The molecule has 0 aromatic heterocycles. The molecule has 0 radical (unpaired) electrons. The highest BCUT2D eigenvalue weighted by Gasteiger charge is 2.24. The molecule has 3 rings (SSSR count). The first kappa shape index (κ1) is 21.9. The molecule has 0 aliphatic carbocycles. The van der Waals surface area contributed by atoms with Crippen molar-refractivity contribution in [1.29, 1.82) is 0 Å². The number of methoxy groups -OCH3 is 1. The molecule has 1 N–H and O–H groups in total. The second-order valence-corrected chi connectivity index (χ2v) is 9.75. The summed E-state index contributed by atoms with van der Waals surface area (Å²) in [6.07, 6.45) is 4.07. The van der Waals surface area contributed by atoms with Crippen LogP contribution in [0.4, 0.5) is 5.69 Å². The Hall–Kier alpha value is -1.77. The van der Waals surface area contributed by atoms with Gasteiger partial charge in [0.15, 0.2) is 0 Å². The second kappa shape index (κ2) is 9.36. The number of likely N-dealkylation sites (tertiary alicyclic amines) is 1. The molecule has 0 atom stereocenters. The minimum atomic E-state index is -3.91. The van der Waals surface area contributed by atoms with Crippen LogP contribution >= 0.6 is 27.5 Å². The standard InChI is InChI=1S/C20H22BrClN2O4S/c1-28-19-9-7-15(13-16(19)20(25)24-10-4-2-3-5-11-24)29(26,27)23-14-6-8-17(21)18(22)12-14/h6-9,12-13,23H,2-5,10-11H2,1H3. The number of sulfonamides is 1. The van der Waals surface area contributed by atoms with E-state index < -0.39 is 10.0 Å². The second-order valence-electron chi connectivity index (χ2n) is 6.80. The number of ether oxygens (including phenoxy) is 1. The first-order valence-corrected chi connectivity index (χ1v) is 11.9. The van der Waals surface area contributed by atoms with E-state index in [1.807, 2.05) is 0 Å². The largest absolute Gasteiger partial charge is 0.496 e. The Balaban J connectivity index is 1.92. The van der Waals surface area contributed by atoms with E-state index >= 15 is 0 Å². The number of rotatable bonds is 5. The topological polar surface area (TPSA) is 75.7 Å². The smallest absolute Gasteiger partial charge is 0.261 e. The summed E-state index contributed by atoms with van der Waals surface area (Å²) in [5.74, 6) is 0.136. The van der Waals surface area contributed by atoms with Crippen LogP contribution < -0.4 is 9.46 Å². The van der Waals surface area contributed by atoms with Crippen molar-refractivity contribution < 1.29 is 17.9 Å². The minimum absolute atomic E-state index is 0.0180. The van der Waals surface area contributed by atoms with Gasteiger partial charge < -0.3 is 9.64 Å². The number of nitrogens with zero attached hydrogens (tertiary/aromatic N) is 1. The SMILES string of the molecule is COc1ccc(S(=O)(=O)Nc2ccc(Br)c(Cl)c2)cc1C(=O)N1CCCCCC1. The lowest BCUT2D eigenvalue weighted by atomic mass is 10.1. The Morgan fingerprint density at radius 1 is 1.10 bits per heavy atom. The van der Waals surface area contributed by atoms with E-state index in [0.717, 1.165) is 25.7 Å². The highest BCUT2D eigenvalue weighted by molar-refractivity contribution is 9.10. The van der Waals surface area contributed by atoms with E-state index in [-0.39, 0.29) is 16.4 Å². The molecule has 1 saturated heterocycles. The molecule has 156 valence electrons. The molecule has 0 bridgehead atoms. The zero-order valence-electron chi connectivity index (χ0n) is 16.0. The summed E-state index contributed by atoms with van der Waals surface area (Å²) in [5.41, 5.74) is 0.570. The number of benzene rings is 2. The molecule has 1 aliphatic rings. The number of halogens is 2. The molecule has 1 amide bonds. The highest BCUT2D eigenvalue weighted by Crippen LogP contribution is 2.29. The van der Waals surface area contributed by atoms with Gasteiger partial charge in [0.25, 0.3) is 15.9 Å². The number of hydrogen-bond donors (Lipinski definition) is 1. The van der Waals surface area contributed by atoms with Crippen LogP contribution in [0.5, 0.6) is 5.75 Å². The van der Waals surface area contributed by atoms with Crippen molar-refractivity contribution >= 4 is 49.1 Å². The summed E-state index contributed by atoms with van der Waals surface area (Å²) in [7, 11) is -2.45. The lowest BCUT2D eigenvalue weighted by molar-refractivity contribution is 0.0758. The highest BCUT2D eigenvalue weighted by atomic mass is 79.9. The number of nitrogens with one attached hydrogen (secondary N) is 1. The van der Waals surface area contributed by atoms with Crippen LogP contribution in [0, 0.1) is 0 Å². The van der Waals surface area contributed by atoms with Crippen LogP contribution in [0.25, 0.3) is 0 Å². The van der Waals surface area contributed by atoms with Crippen LogP contribution in [0.15, 0.2) is 45.8 Å². The van der Waals surface area contributed by atoms with Gasteiger partial charge >= 0.3 is 0 Å². The third kappa shape index (κ3) is 5.24. The summed E-state index contributed by atoms with van der Waals surface area (Å²) in [4.78, 5) is 14.8. The summed E-state index contributed by atoms with van der Waals surface area (Å²) < 4.78 is 34.2. The van der Waals surface area contributed by atoms with Gasteiger partial charge in [-0.2, -0.15) is 0 Å². The lowest BCUT2D eigenvalue weighted by Gasteiger charge is -2.22. The Bertz CT molecular complexity index is 1010. The average Bonchev–Trinajstić information content (AvgIpc) is 2.99. The van der Waals surface area contributed by atoms with E-state index in [0.29, 0.717) is 34.0 Å². The first-order valence-electron chi connectivity index (χ1n) is 9.27. The van der Waals surface area contributed by atoms with E-state index in [9.17, 15) is 13.2 Å². The van der Waals surface area contributed by atoms with Crippen molar-refractivity contribution in [2.45, 2.75) is 30.6 Å². The fourth-order valence-electron chi connectivity index (χ4n) is 3.24. The Morgan fingerprint density at radius 2 is 1.79 bits per heavy atom. The maximum Gasteiger partial charge on any atom is 0.261 e. The van der Waals surface area contributed by atoms with Gasteiger partial charge in [0, 0.05) is 17.6 Å². The molecule has 2 aromatic carbocycles. The van der Waals surface area contributed by atoms with Crippen molar-refractivity contribution in [3.8, 4) is 5.75 Å². The molecular formula is C20H22BrClN2O4S. The molecule has 0 saturated carbocycles. The molecule has 0 spiro atoms. The molecule has 2 aromatic rings. The Kier molecular flexibility index (Phi) is 7.08. The molecular weight excluding hydrogens is 480 g/mol. The van der Waals surface area contributed by atoms with Crippen molar-refractivity contribution in [3.05, 3.63) is 51.5 Å². The van der Waals surface area contributed by atoms with Crippen molar-refractivity contribution in [2.75, 3.05) is 24.9 Å². The van der Waals surface area contributed by atoms with E-state index in [2.05, 4.69) is 20.7 Å². The molecule has 1 heterocycles. The first-order chi connectivity index (χ1) is 13.8. The summed E-state index contributed by atoms with van der Waals surface area (Å²) in [6.45, 7) is 1.32. The zero-order chi connectivity index (χ0) is 21.0. The van der Waals surface area contributed by atoms with Crippen LogP contribution in [-0.4, -0.2) is 39.4 Å². The van der Waals surface area contributed by atoms with Gasteiger partial charge in [0.1, 0.15) is 5.75 Å². The maximum absolute atomic E-state index is 13.1. The fraction of sp³-hybridized carbons (Fsp3) is 0.350. The van der Waals surface area contributed by atoms with Gasteiger partial charge in [-0.3, -0.25) is 9.52 Å². The van der Waals surface area contributed by atoms with Crippen LogP contribution in [0.2, 0.25) is 5.02 Å². The predicted octanol–water partition coefficient (Wildman–Crippen LogP) is 4.93. The number of carbonyl (C=O) groups excluding carboxylic acids is 1. The van der Waals surface area contributed by atoms with Crippen molar-refractivity contribution in [1.82, 2.24) is 4.90 Å². The van der Waals surface area contributed by atoms with Gasteiger partial charge in [0.2, 0.25) is 0 Å². The fourth-order valence-corrected chi connectivity index (χ4v) is 4.74. The van der Waals surface area contributed by atoms with Gasteiger partial charge in [0.05, 0.1) is 28.3 Å². The van der Waals surface area contributed by atoms with E-state index in [1.54, 1.807) is 17.0 Å². The van der Waals surface area contributed by atoms with E-state index in [1.165, 1.54) is 31.4 Å². The normalized spacial score (nSPS) is 14.9. The van der Waals surface area contributed by atoms with Gasteiger partial charge in [-0.05, 0) is 65.2 Å². The van der Waals surface area contributed by atoms with E-state index in [4.69, 9.17) is 16.3 Å². The van der Waals surface area contributed by atoms with Crippen molar-refractivity contribution in [3.63, 3.8) is 0 Å². The molecule has 1 aliphatic heterocycles. The molecule has 1 fully saturated rings. The molecule has 6 nitrogen and oxygen atoms in total. The third-order valence-corrected chi connectivity index (χ3v) is 7.39. The quantitative estimate of drug-likeness (QED) is 0.630. The third-order valence-electron chi connectivity index (χ3n) is 4.78. The molecule has 0 unspecified atom stereocenters. The Labute approximate surface area is 184 Å². The number of hydrogen-bond acceptors (Lipinski definition) is 4.